The highest BCUT2D eigenvalue weighted by Crippen LogP contribution is 2.00. The first-order valence-electron chi connectivity index (χ1n) is 5.12. The molecule has 0 amide bonds. The van der Waals surface area contributed by atoms with Crippen molar-refractivity contribution in [2.45, 2.75) is 13.0 Å². The van der Waals surface area contributed by atoms with Crippen LogP contribution in [0.15, 0.2) is 0 Å². The van der Waals surface area contributed by atoms with Crippen LogP contribution in [0.2, 0.25) is 0 Å². The van der Waals surface area contributed by atoms with Gasteiger partial charge in [0.25, 0.3) is 0 Å². The van der Waals surface area contributed by atoms with E-state index in [4.69, 9.17) is 11.5 Å². The van der Waals surface area contributed by atoms with Crippen LogP contribution in [0.3, 0.4) is 0 Å². The smallest absolute Gasteiger partial charge is 0.0139 e. The van der Waals surface area contributed by atoms with E-state index in [1.54, 1.807) is 0 Å². The molecule has 1 saturated heterocycles. The van der Waals surface area contributed by atoms with Gasteiger partial charge in [0.15, 0.2) is 0 Å². The average molecular weight is 186 g/mol. The van der Waals surface area contributed by atoms with Crippen molar-refractivity contribution in [1.82, 2.24) is 9.80 Å². The summed E-state index contributed by atoms with van der Waals surface area (Å²) in [5, 5.41) is 0. The summed E-state index contributed by atoms with van der Waals surface area (Å²) in [6.07, 6.45) is 0. The molecule has 0 aromatic rings. The summed E-state index contributed by atoms with van der Waals surface area (Å²) in [4.78, 5) is 4.84. The van der Waals surface area contributed by atoms with Crippen molar-refractivity contribution in [2.24, 2.45) is 11.5 Å². The van der Waals surface area contributed by atoms with Crippen molar-refractivity contribution in [2.75, 3.05) is 45.8 Å². The first-order valence-corrected chi connectivity index (χ1v) is 5.12. The topological polar surface area (TPSA) is 58.5 Å². The van der Waals surface area contributed by atoms with Gasteiger partial charge in [-0.05, 0) is 6.92 Å². The second kappa shape index (κ2) is 5.54. The first kappa shape index (κ1) is 10.9. The van der Waals surface area contributed by atoms with Crippen molar-refractivity contribution in [3.63, 3.8) is 0 Å². The molecule has 4 N–H and O–H groups in total. The van der Waals surface area contributed by atoms with Crippen LogP contribution in [0.25, 0.3) is 0 Å². The molecule has 0 saturated carbocycles. The first-order chi connectivity index (χ1) is 6.22. The largest absolute Gasteiger partial charge is 0.329 e. The molecule has 1 atom stereocenters. The predicted molar refractivity (Wildman–Crippen MR) is 55.6 cm³/mol. The van der Waals surface area contributed by atoms with Crippen molar-refractivity contribution in [1.29, 1.82) is 0 Å². The Bertz CT molecular complexity index is 130. The van der Waals surface area contributed by atoms with Crippen LogP contribution >= 0.6 is 0 Å². The Hall–Kier alpha value is -0.160. The molecule has 0 aromatic carbocycles. The predicted octanol–water partition coefficient (Wildman–Crippen LogP) is -1.09. The molecule has 13 heavy (non-hydrogen) atoms. The number of nitrogens with two attached hydrogens (primary N) is 2. The van der Waals surface area contributed by atoms with Crippen LogP contribution in [0.4, 0.5) is 0 Å². The van der Waals surface area contributed by atoms with E-state index >= 15 is 0 Å². The van der Waals surface area contributed by atoms with Gasteiger partial charge >= 0.3 is 0 Å². The molecule has 78 valence electrons. The summed E-state index contributed by atoms with van der Waals surface area (Å²) in [5.74, 6) is 0. The van der Waals surface area contributed by atoms with E-state index in [2.05, 4.69) is 16.7 Å². The maximum atomic E-state index is 5.74. The van der Waals surface area contributed by atoms with E-state index in [1.165, 1.54) is 0 Å². The van der Waals surface area contributed by atoms with Crippen molar-refractivity contribution < 1.29 is 0 Å². The van der Waals surface area contributed by atoms with Crippen LogP contribution in [-0.2, 0) is 0 Å². The maximum absolute atomic E-state index is 5.74. The molecule has 0 spiro atoms. The minimum atomic E-state index is 0.293. The minimum Gasteiger partial charge on any atom is -0.329 e. The maximum Gasteiger partial charge on any atom is 0.0139 e. The van der Waals surface area contributed by atoms with Gasteiger partial charge < -0.3 is 11.5 Å². The van der Waals surface area contributed by atoms with Crippen LogP contribution in [-0.4, -0.2) is 61.7 Å². The zero-order valence-electron chi connectivity index (χ0n) is 8.58. The van der Waals surface area contributed by atoms with Gasteiger partial charge in [0.2, 0.25) is 0 Å². The average Bonchev–Trinajstić information content (AvgIpc) is 2.08. The van der Waals surface area contributed by atoms with E-state index in [0.29, 0.717) is 6.04 Å². The van der Waals surface area contributed by atoms with Crippen LogP contribution in [0.5, 0.6) is 0 Å². The molecule has 4 nitrogen and oxygen atoms in total. The molecular weight excluding hydrogens is 164 g/mol. The number of piperazine rings is 1. The van der Waals surface area contributed by atoms with Crippen LogP contribution in [0, 0.1) is 0 Å². The quantitative estimate of drug-likeness (QED) is 0.586. The zero-order valence-corrected chi connectivity index (χ0v) is 8.58. The second-order valence-corrected chi connectivity index (χ2v) is 3.91. The lowest BCUT2D eigenvalue weighted by Gasteiger charge is -2.35. The van der Waals surface area contributed by atoms with E-state index < -0.39 is 0 Å². The van der Waals surface area contributed by atoms with Crippen molar-refractivity contribution in [3.05, 3.63) is 0 Å². The lowest BCUT2D eigenvalue weighted by atomic mass is 10.2. The van der Waals surface area contributed by atoms with Gasteiger partial charge in [0, 0.05) is 51.9 Å². The van der Waals surface area contributed by atoms with Gasteiger partial charge in [-0.15, -0.1) is 0 Å². The summed E-state index contributed by atoms with van der Waals surface area (Å²) in [6.45, 7) is 9.46. The molecule has 0 bridgehead atoms. The second-order valence-electron chi connectivity index (χ2n) is 3.91. The van der Waals surface area contributed by atoms with Gasteiger partial charge in [0.05, 0.1) is 0 Å². The Labute approximate surface area is 80.9 Å². The standard InChI is InChI=1S/C9H22N4/c1-9(11)8-13-6-4-12(3-2-10)5-7-13/h9H,2-8,10-11H2,1H3. The van der Waals surface area contributed by atoms with Gasteiger partial charge in [0.1, 0.15) is 0 Å². The summed E-state index contributed by atoms with van der Waals surface area (Å²) in [6, 6.07) is 0.293. The molecule has 1 aliphatic rings. The third-order valence-corrected chi connectivity index (χ3v) is 2.46. The molecule has 1 rings (SSSR count). The van der Waals surface area contributed by atoms with E-state index in [9.17, 15) is 0 Å². The third-order valence-electron chi connectivity index (χ3n) is 2.46. The normalized spacial score (nSPS) is 23.3. The molecule has 0 aromatic heterocycles. The van der Waals surface area contributed by atoms with E-state index in [1.807, 2.05) is 0 Å². The molecule has 1 heterocycles. The summed E-state index contributed by atoms with van der Waals surface area (Å²) in [7, 11) is 0. The molecule has 1 unspecified atom stereocenters. The highest BCUT2D eigenvalue weighted by atomic mass is 15.3. The number of hydrogen-bond acceptors (Lipinski definition) is 4. The molecule has 4 heteroatoms. The molecule has 1 fully saturated rings. The lowest BCUT2D eigenvalue weighted by molar-refractivity contribution is 0.131. The third kappa shape index (κ3) is 4.04. The van der Waals surface area contributed by atoms with E-state index in [0.717, 1.165) is 45.8 Å². The van der Waals surface area contributed by atoms with E-state index in [-0.39, 0.29) is 0 Å². The molecule has 1 aliphatic heterocycles. The number of nitrogens with zero attached hydrogens (tertiary/aromatic N) is 2. The molecule has 0 radical (unpaired) electrons. The monoisotopic (exact) mass is 186 g/mol. The van der Waals surface area contributed by atoms with Gasteiger partial charge in [-0.2, -0.15) is 0 Å². The Morgan fingerprint density at radius 2 is 1.69 bits per heavy atom. The highest BCUT2D eigenvalue weighted by molar-refractivity contribution is 4.74. The van der Waals surface area contributed by atoms with Gasteiger partial charge in [-0.25, -0.2) is 0 Å². The summed E-state index contributed by atoms with van der Waals surface area (Å²) >= 11 is 0. The molecule has 0 aliphatic carbocycles. The van der Waals surface area contributed by atoms with Crippen molar-refractivity contribution in [3.8, 4) is 0 Å². The van der Waals surface area contributed by atoms with Crippen molar-refractivity contribution >= 4 is 0 Å². The fourth-order valence-corrected chi connectivity index (χ4v) is 1.79. The lowest BCUT2D eigenvalue weighted by Crippen LogP contribution is -2.50. The van der Waals surface area contributed by atoms with Crippen LogP contribution in [0.1, 0.15) is 6.92 Å². The fourth-order valence-electron chi connectivity index (χ4n) is 1.79. The van der Waals surface area contributed by atoms with Crippen LogP contribution < -0.4 is 11.5 Å². The fraction of sp³-hybridized carbons (Fsp3) is 1.00. The zero-order chi connectivity index (χ0) is 9.68. The SMILES string of the molecule is CC(N)CN1CCN(CCN)CC1. The molecular formula is C9H22N4. The Morgan fingerprint density at radius 3 is 2.15 bits per heavy atom. The Morgan fingerprint density at radius 1 is 1.15 bits per heavy atom. The van der Waals surface area contributed by atoms with Gasteiger partial charge in [-0.1, -0.05) is 0 Å². The number of rotatable bonds is 4. The highest BCUT2D eigenvalue weighted by Gasteiger charge is 2.16. The summed E-state index contributed by atoms with van der Waals surface area (Å²) < 4.78 is 0. The Balaban J connectivity index is 2.15. The Kier molecular flexibility index (Phi) is 4.66. The summed E-state index contributed by atoms with van der Waals surface area (Å²) in [5.41, 5.74) is 11.2. The minimum absolute atomic E-state index is 0.293. The van der Waals surface area contributed by atoms with Gasteiger partial charge in [-0.3, -0.25) is 9.80 Å². The number of hydrogen-bond donors (Lipinski definition) is 2.